The zero-order chi connectivity index (χ0) is 20.1. The average molecular weight is 399 g/mol. The van der Waals surface area contributed by atoms with E-state index in [1.54, 1.807) is 0 Å². The number of hydrogen-bond donors (Lipinski definition) is 1. The van der Waals surface area contributed by atoms with Gasteiger partial charge < -0.3 is 0 Å². The molecular formula is C22H21N7O. The second-order valence-corrected chi connectivity index (χ2v) is 8.15. The predicted octanol–water partition coefficient (Wildman–Crippen LogP) is 2.88. The van der Waals surface area contributed by atoms with Gasteiger partial charge in [-0.3, -0.25) is 10.1 Å². The molecule has 2 aliphatic rings. The van der Waals surface area contributed by atoms with Gasteiger partial charge in [-0.1, -0.05) is 47.7 Å². The molecule has 3 heterocycles. The molecule has 1 atom stereocenters. The Labute approximate surface area is 172 Å². The van der Waals surface area contributed by atoms with Gasteiger partial charge in [0.25, 0.3) is 0 Å². The van der Waals surface area contributed by atoms with Crippen molar-refractivity contribution in [1.82, 2.24) is 29.8 Å². The number of nitrogens with one attached hydrogen (secondary N) is 1. The molecule has 1 aliphatic carbocycles. The molecule has 0 bridgehead atoms. The number of nitrogens with zero attached hydrogens (tertiary/aromatic N) is 6. The smallest absolute Gasteiger partial charge is 0.249 e. The standard InChI is InChI=1S/C22H21N7O/c30-20(22(12-13-22)15-6-2-1-3-7-15)24-21-23-19-11-10-16(14-28(19)26-21)29-18-9-5-4-8-17(18)25-27-29/h1-9,16H,10-14H2,(H,24,26,30). The lowest BCUT2D eigenvalue weighted by Gasteiger charge is -2.22. The summed E-state index contributed by atoms with van der Waals surface area (Å²) in [7, 11) is 0. The molecule has 8 nitrogen and oxygen atoms in total. The van der Waals surface area contributed by atoms with Gasteiger partial charge in [0, 0.05) is 6.42 Å². The van der Waals surface area contributed by atoms with Gasteiger partial charge >= 0.3 is 0 Å². The lowest BCUT2D eigenvalue weighted by molar-refractivity contribution is -0.118. The Kier molecular flexibility index (Phi) is 3.74. The summed E-state index contributed by atoms with van der Waals surface area (Å²) in [4.78, 5) is 17.6. The van der Waals surface area contributed by atoms with Crippen LogP contribution in [0.1, 0.15) is 36.7 Å². The van der Waals surface area contributed by atoms with E-state index in [-0.39, 0.29) is 11.9 Å². The highest BCUT2D eigenvalue weighted by molar-refractivity contribution is 6.00. The lowest BCUT2D eigenvalue weighted by atomic mass is 9.95. The number of benzene rings is 2. The molecule has 2 aromatic carbocycles. The number of para-hydroxylation sites is 1. The van der Waals surface area contributed by atoms with E-state index in [0.29, 0.717) is 12.5 Å². The number of hydrogen-bond acceptors (Lipinski definition) is 5. The van der Waals surface area contributed by atoms with Gasteiger partial charge in [-0.25, -0.2) is 9.36 Å². The zero-order valence-corrected chi connectivity index (χ0v) is 16.4. The Bertz CT molecular complexity index is 1240. The van der Waals surface area contributed by atoms with Crippen LogP contribution in [0.2, 0.25) is 0 Å². The SMILES string of the molecule is O=C(Nc1nc2n(n1)CC(n1nnc3ccccc31)CC2)C1(c2ccccc2)CC1. The molecular weight excluding hydrogens is 378 g/mol. The second kappa shape index (κ2) is 6.48. The number of aryl methyl sites for hydroxylation is 1. The van der Waals surface area contributed by atoms with E-state index in [1.165, 1.54) is 0 Å². The van der Waals surface area contributed by atoms with E-state index in [9.17, 15) is 4.79 Å². The maximum atomic E-state index is 13.0. The number of carbonyl (C=O) groups is 1. The number of carbonyl (C=O) groups excluding carboxylic acids is 1. The average Bonchev–Trinajstić information content (AvgIpc) is 3.33. The Morgan fingerprint density at radius 2 is 1.87 bits per heavy atom. The first kappa shape index (κ1) is 17.3. The minimum Gasteiger partial charge on any atom is -0.292 e. The third kappa shape index (κ3) is 2.71. The van der Waals surface area contributed by atoms with E-state index < -0.39 is 5.41 Å². The van der Waals surface area contributed by atoms with Gasteiger partial charge in [0.1, 0.15) is 11.3 Å². The van der Waals surface area contributed by atoms with Gasteiger partial charge in [-0.2, -0.15) is 4.98 Å². The highest BCUT2D eigenvalue weighted by atomic mass is 16.2. The molecule has 6 rings (SSSR count). The fourth-order valence-electron chi connectivity index (χ4n) is 4.45. The number of aromatic nitrogens is 6. The van der Waals surface area contributed by atoms with Gasteiger partial charge in [-0.15, -0.1) is 10.2 Å². The number of rotatable bonds is 4. The zero-order valence-electron chi connectivity index (χ0n) is 16.4. The Morgan fingerprint density at radius 1 is 1.07 bits per heavy atom. The Hall–Kier alpha value is -3.55. The first-order valence-electron chi connectivity index (χ1n) is 10.3. The first-order chi connectivity index (χ1) is 14.7. The molecule has 0 radical (unpaired) electrons. The lowest BCUT2D eigenvalue weighted by Crippen LogP contribution is -2.28. The number of anilines is 1. The van der Waals surface area contributed by atoms with Crippen LogP contribution in [0, 0.1) is 0 Å². The number of amides is 1. The summed E-state index contributed by atoms with van der Waals surface area (Å²) >= 11 is 0. The van der Waals surface area contributed by atoms with E-state index in [2.05, 4.69) is 25.7 Å². The summed E-state index contributed by atoms with van der Waals surface area (Å²) in [5.41, 5.74) is 2.54. The maximum absolute atomic E-state index is 13.0. The second-order valence-electron chi connectivity index (χ2n) is 8.15. The molecule has 2 aromatic heterocycles. The van der Waals surface area contributed by atoms with Gasteiger partial charge in [0.2, 0.25) is 11.9 Å². The minimum atomic E-state index is -0.435. The molecule has 1 amide bonds. The van der Waals surface area contributed by atoms with Crippen molar-refractivity contribution in [2.24, 2.45) is 0 Å². The van der Waals surface area contributed by atoms with E-state index in [0.717, 1.165) is 48.1 Å². The van der Waals surface area contributed by atoms with Gasteiger partial charge in [-0.05, 0) is 37.0 Å². The van der Waals surface area contributed by atoms with Crippen LogP contribution in [0.15, 0.2) is 54.6 Å². The first-order valence-corrected chi connectivity index (χ1v) is 10.3. The van der Waals surface area contributed by atoms with Crippen molar-refractivity contribution >= 4 is 22.9 Å². The highest BCUT2D eigenvalue weighted by Gasteiger charge is 2.51. The van der Waals surface area contributed by atoms with Crippen molar-refractivity contribution in [2.45, 2.75) is 43.7 Å². The highest BCUT2D eigenvalue weighted by Crippen LogP contribution is 2.48. The van der Waals surface area contributed by atoms with E-state index in [4.69, 9.17) is 0 Å². The van der Waals surface area contributed by atoms with Crippen LogP contribution in [0.25, 0.3) is 11.0 Å². The van der Waals surface area contributed by atoms with Crippen molar-refractivity contribution in [2.75, 3.05) is 5.32 Å². The maximum Gasteiger partial charge on any atom is 0.249 e. The third-order valence-corrected chi connectivity index (χ3v) is 6.29. The van der Waals surface area contributed by atoms with Crippen LogP contribution < -0.4 is 5.32 Å². The molecule has 30 heavy (non-hydrogen) atoms. The van der Waals surface area contributed by atoms with Crippen molar-refractivity contribution in [3.63, 3.8) is 0 Å². The van der Waals surface area contributed by atoms with Crippen molar-refractivity contribution < 1.29 is 4.79 Å². The van der Waals surface area contributed by atoms with Crippen LogP contribution >= 0.6 is 0 Å². The van der Waals surface area contributed by atoms with Gasteiger partial charge in [0.05, 0.1) is 23.5 Å². The predicted molar refractivity (Wildman–Crippen MR) is 111 cm³/mol. The summed E-state index contributed by atoms with van der Waals surface area (Å²) in [6, 6.07) is 18.1. The van der Waals surface area contributed by atoms with E-state index >= 15 is 0 Å². The fourth-order valence-corrected chi connectivity index (χ4v) is 4.45. The largest absolute Gasteiger partial charge is 0.292 e. The van der Waals surface area contributed by atoms with Crippen LogP contribution in [0.3, 0.4) is 0 Å². The molecule has 1 aliphatic heterocycles. The summed E-state index contributed by atoms with van der Waals surface area (Å²) in [5.74, 6) is 1.27. The molecule has 1 unspecified atom stereocenters. The van der Waals surface area contributed by atoms with Gasteiger partial charge in [0.15, 0.2) is 0 Å². The quantitative estimate of drug-likeness (QED) is 0.570. The summed E-state index contributed by atoms with van der Waals surface area (Å²) in [5, 5.41) is 16.2. The van der Waals surface area contributed by atoms with E-state index in [1.807, 2.05) is 64.0 Å². The molecule has 0 saturated heterocycles. The third-order valence-electron chi connectivity index (χ3n) is 6.29. The summed E-state index contributed by atoms with van der Waals surface area (Å²) < 4.78 is 3.87. The summed E-state index contributed by atoms with van der Waals surface area (Å²) in [6.45, 7) is 0.662. The molecule has 1 fully saturated rings. The molecule has 1 saturated carbocycles. The Balaban J connectivity index is 1.22. The van der Waals surface area contributed by atoms with Crippen molar-refractivity contribution in [3.8, 4) is 0 Å². The van der Waals surface area contributed by atoms with Crippen LogP contribution in [0.5, 0.6) is 0 Å². The van der Waals surface area contributed by atoms with Crippen molar-refractivity contribution in [3.05, 3.63) is 66.0 Å². The molecule has 8 heteroatoms. The normalized spacial score (nSPS) is 19.4. The van der Waals surface area contributed by atoms with Crippen LogP contribution in [-0.4, -0.2) is 35.7 Å². The molecule has 150 valence electrons. The topological polar surface area (TPSA) is 90.5 Å². The molecule has 4 aromatic rings. The fraction of sp³-hybridized carbons (Fsp3) is 0.318. The number of fused-ring (bicyclic) bond motifs is 2. The monoisotopic (exact) mass is 399 g/mol. The molecule has 1 N–H and O–H groups in total. The Morgan fingerprint density at radius 3 is 2.70 bits per heavy atom. The molecule has 0 spiro atoms. The van der Waals surface area contributed by atoms with Crippen LogP contribution in [-0.2, 0) is 23.2 Å². The summed E-state index contributed by atoms with van der Waals surface area (Å²) in [6.07, 6.45) is 3.41. The van der Waals surface area contributed by atoms with Crippen LogP contribution in [0.4, 0.5) is 5.95 Å². The minimum absolute atomic E-state index is 0.0181. The van der Waals surface area contributed by atoms with Crippen molar-refractivity contribution in [1.29, 1.82) is 0 Å².